The minimum absolute atomic E-state index is 0.00424. The zero-order chi connectivity index (χ0) is 17.7. The lowest BCUT2D eigenvalue weighted by atomic mass is 10.2. The molecule has 1 aromatic rings. The molecule has 0 bridgehead atoms. The molecule has 1 heterocycles. The van der Waals surface area contributed by atoms with E-state index in [9.17, 15) is 18.0 Å². The quantitative estimate of drug-likeness (QED) is 0.717. The molecular weight excluding hydrogens is 356 g/mol. The first-order valence-electron chi connectivity index (χ1n) is 7.66. The third-order valence-corrected chi connectivity index (χ3v) is 6.96. The smallest absolute Gasteiger partial charge is 0.413 e. The molecule has 1 aliphatic rings. The number of amides is 2. The van der Waals surface area contributed by atoms with Gasteiger partial charge in [0.2, 0.25) is 25.2 Å². The number of anilines is 1. The number of rotatable bonds is 6. The van der Waals surface area contributed by atoms with Crippen molar-refractivity contribution in [2.24, 2.45) is 0 Å². The average molecular weight is 376 g/mol. The number of sulfone groups is 1. The van der Waals surface area contributed by atoms with Crippen LogP contribution in [0.3, 0.4) is 0 Å². The Hall–Kier alpha value is -1.75. The molecule has 1 aromatic heterocycles. The Balaban J connectivity index is 2.04. The van der Waals surface area contributed by atoms with Crippen LogP contribution in [0.15, 0.2) is 4.34 Å². The maximum Gasteiger partial charge on any atom is 0.413 e. The molecule has 0 saturated heterocycles. The lowest BCUT2D eigenvalue weighted by Crippen LogP contribution is -2.42. The van der Waals surface area contributed by atoms with Gasteiger partial charge >= 0.3 is 6.09 Å². The van der Waals surface area contributed by atoms with E-state index in [0.29, 0.717) is 11.3 Å². The zero-order valence-electron chi connectivity index (χ0n) is 13.4. The first kappa shape index (κ1) is 18.6. The third-order valence-electron chi connectivity index (χ3n) is 3.67. The van der Waals surface area contributed by atoms with Crippen molar-refractivity contribution >= 4 is 38.3 Å². The normalized spacial score (nSPS) is 16.6. The minimum Gasteiger partial charge on any atom is -0.450 e. The molecule has 2 rings (SSSR count). The van der Waals surface area contributed by atoms with Crippen molar-refractivity contribution < 1.29 is 22.7 Å². The monoisotopic (exact) mass is 376 g/mol. The molecule has 134 valence electrons. The fourth-order valence-corrected chi connectivity index (χ4v) is 4.72. The number of nitrogens with one attached hydrogen (secondary N) is 2. The number of hydrogen-bond donors (Lipinski definition) is 2. The van der Waals surface area contributed by atoms with Gasteiger partial charge in [0.25, 0.3) is 0 Å². The summed E-state index contributed by atoms with van der Waals surface area (Å²) in [5.74, 6) is -0.544. The summed E-state index contributed by atoms with van der Waals surface area (Å²) in [6.45, 7) is 3.13. The fourth-order valence-electron chi connectivity index (χ4n) is 2.31. The number of carbonyl (C=O) groups is 2. The first-order chi connectivity index (χ1) is 11.3. The maximum atomic E-state index is 12.5. The summed E-state index contributed by atoms with van der Waals surface area (Å²) in [6, 6.07) is 0.0330. The summed E-state index contributed by atoms with van der Waals surface area (Å²) < 4.78 is 29.3. The topological polar surface area (TPSA) is 127 Å². The van der Waals surface area contributed by atoms with Gasteiger partial charge < -0.3 is 10.1 Å². The molecular formula is C13H20N4O5S2. The predicted octanol–water partition coefficient (Wildman–Crippen LogP) is 1.33. The molecule has 0 spiro atoms. The molecule has 1 fully saturated rings. The van der Waals surface area contributed by atoms with Gasteiger partial charge in [0.1, 0.15) is 5.25 Å². The van der Waals surface area contributed by atoms with E-state index in [1.54, 1.807) is 6.92 Å². The Bertz CT molecular complexity index is 697. The second-order valence-corrected chi connectivity index (χ2v) is 8.82. The van der Waals surface area contributed by atoms with Gasteiger partial charge in [-0.15, -0.1) is 10.2 Å². The van der Waals surface area contributed by atoms with Crippen molar-refractivity contribution in [1.29, 1.82) is 0 Å². The second-order valence-electron chi connectivity index (χ2n) is 5.40. The minimum atomic E-state index is -3.97. The Kier molecular flexibility index (Phi) is 6.10. The van der Waals surface area contributed by atoms with Crippen molar-refractivity contribution in [2.45, 2.75) is 55.2 Å². The van der Waals surface area contributed by atoms with E-state index in [1.807, 2.05) is 0 Å². The Morgan fingerprint density at radius 2 is 2.00 bits per heavy atom. The van der Waals surface area contributed by atoms with Gasteiger partial charge in [-0.05, 0) is 26.7 Å². The molecule has 11 heteroatoms. The summed E-state index contributed by atoms with van der Waals surface area (Å²) in [4.78, 5) is 23.5. The molecule has 1 aliphatic carbocycles. The number of carbonyl (C=O) groups excluding carboxylic acids is 2. The largest absolute Gasteiger partial charge is 0.450 e. The third kappa shape index (κ3) is 4.41. The molecule has 0 radical (unpaired) electrons. The number of nitrogens with zero attached hydrogens (tertiary/aromatic N) is 2. The van der Waals surface area contributed by atoms with E-state index in [2.05, 4.69) is 25.6 Å². The van der Waals surface area contributed by atoms with Crippen molar-refractivity contribution in [3.63, 3.8) is 0 Å². The van der Waals surface area contributed by atoms with E-state index in [0.717, 1.165) is 25.7 Å². The van der Waals surface area contributed by atoms with E-state index in [4.69, 9.17) is 0 Å². The Labute approximate surface area is 144 Å². The van der Waals surface area contributed by atoms with Gasteiger partial charge in [0.05, 0.1) is 6.61 Å². The van der Waals surface area contributed by atoms with Crippen LogP contribution in [0.2, 0.25) is 0 Å². The van der Waals surface area contributed by atoms with Gasteiger partial charge in [-0.1, -0.05) is 24.2 Å². The summed E-state index contributed by atoms with van der Waals surface area (Å²) in [7, 11) is -3.97. The molecule has 2 amide bonds. The molecule has 9 nitrogen and oxygen atoms in total. The van der Waals surface area contributed by atoms with E-state index in [1.165, 1.54) is 6.92 Å². The van der Waals surface area contributed by atoms with Gasteiger partial charge in [-0.2, -0.15) is 0 Å². The van der Waals surface area contributed by atoms with Crippen LogP contribution in [0, 0.1) is 0 Å². The van der Waals surface area contributed by atoms with Crippen molar-refractivity contribution in [1.82, 2.24) is 15.5 Å². The second kappa shape index (κ2) is 7.88. The van der Waals surface area contributed by atoms with E-state index in [-0.39, 0.29) is 22.1 Å². The summed E-state index contributed by atoms with van der Waals surface area (Å²) in [6.07, 6.45) is 3.05. The summed E-state index contributed by atoms with van der Waals surface area (Å²) >= 11 is 0.680. The molecule has 0 aliphatic heterocycles. The van der Waals surface area contributed by atoms with Crippen molar-refractivity contribution in [3.8, 4) is 0 Å². The van der Waals surface area contributed by atoms with Crippen LogP contribution in [0.1, 0.15) is 39.5 Å². The Morgan fingerprint density at radius 3 is 2.62 bits per heavy atom. The van der Waals surface area contributed by atoms with Crippen LogP contribution < -0.4 is 10.6 Å². The van der Waals surface area contributed by atoms with Crippen LogP contribution in [0.25, 0.3) is 0 Å². The molecule has 0 aromatic carbocycles. The molecule has 2 N–H and O–H groups in total. The lowest BCUT2D eigenvalue weighted by Gasteiger charge is -2.15. The van der Waals surface area contributed by atoms with E-state index >= 15 is 0 Å². The van der Waals surface area contributed by atoms with Gasteiger partial charge in [-0.25, -0.2) is 13.2 Å². The van der Waals surface area contributed by atoms with Gasteiger partial charge in [0, 0.05) is 6.04 Å². The molecule has 24 heavy (non-hydrogen) atoms. The van der Waals surface area contributed by atoms with E-state index < -0.39 is 27.1 Å². The summed E-state index contributed by atoms with van der Waals surface area (Å²) in [5, 5.41) is 10.9. The van der Waals surface area contributed by atoms with Crippen LogP contribution in [0.4, 0.5) is 9.93 Å². The number of aromatic nitrogens is 2. The SMILES string of the molecule is CCOC(=O)Nc1nnc(S(=O)(=O)[C@H](C)C(=O)NC2CCCC2)s1. The highest BCUT2D eigenvalue weighted by atomic mass is 32.2. The Morgan fingerprint density at radius 1 is 1.33 bits per heavy atom. The molecule has 0 unspecified atom stereocenters. The van der Waals surface area contributed by atoms with Crippen molar-refractivity contribution in [3.05, 3.63) is 0 Å². The lowest BCUT2D eigenvalue weighted by molar-refractivity contribution is -0.121. The highest BCUT2D eigenvalue weighted by Crippen LogP contribution is 2.24. The van der Waals surface area contributed by atoms with Gasteiger partial charge in [-0.3, -0.25) is 10.1 Å². The standard InChI is InChI=1S/C13H20N4O5S2/c1-3-22-12(19)15-11-16-17-13(23-11)24(20,21)8(2)10(18)14-9-6-4-5-7-9/h8-9H,3-7H2,1-2H3,(H,14,18)(H,15,16,19)/t8-/m1/s1. The number of hydrogen-bond acceptors (Lipinski definition) is 8. The van der Waals surface area contributed by atoms with Gasteiger partial charge in [0.15, 0.2) is 0 Å². The number of ether oxygens (including phenoxy) is 1. The van der Waals surface area contributed by atoms with Crippen molar-refractivity contribution in [2.75, 3.05) is 11.9 Å². The fraction of sp³-hybridized carbons (Fsp3) is 0.692. The molecule has 1 saturated carbocycles. The zero-order valence-corrected chi connectivity index (χ0v) is 15.1. The van der Waals surface area contributed by atoms with Crippen LogP contribution in [0.5, 0.6) is 0 Å². The first-order valence-corrected chi connectivity index (χ1v) is 10.0. The highest BCUT2D eigenvalue weighted by Gasteiger charge is 2.34. The molecule has 1 atom stereocenters. The van der Waals surface area contributed by atoms with Crippen LogP contribution in [-0.2, 0) is 19.4 Å². The maximum absolute atomic E-state index is 12.5. The van der Waals surface area contributed by atoms with Crippen LogP contribution in [-0.4, -0.2) is 48.5 Å². The predicted molar refractivity (Wildman–Crippen MR) is 87.6 cm³/mol. The van der Waals surface area contributed by atoms with Crippen LogP contribution >= 0.6 is 11.3 Å². The average Bonchev–Trinajstić information content (AvgIpc) is 3.18. The summed E-state index contributed by atoms with van der Waals surface area (Å²) in [5.41, 5.74) is 0. The highest BCUT2D eigenvalue weighted by molar-refractivity contribution is 7.94.